The van der Waals surface area contributed by atoms with Gasteiger partial charge in [0.1, 0.15) is 0 Å². The van der Waals surface area contributed by atoms with Crippen LogP contribution < -0.4 is 10.6 Å². The number of carbonyl (C=O) groups excluding carboxylic acids is 1. The summed E-state index contributed by atoms with van der Waals surface area (Å²) in [7, 11) is 1.39. The van der Waals surface area contributed by atoms with Crippen LogP contribution in [-0.2, 0) is 11.3 Å². The van der Waals surface area contributed by atoms with E-state index in [-0.39, 0.29) is 5.97 Å². The number of hydrogen-bond donors (Lipinski definition) is 2. The molecular formula is C34H38N2O2. The number of benzene rings is 4. The van der Waals surface area contributed by atoms with Crippen LogP contribution in [0.25, 0.3) is 22.3 Å². The van der Waals surface area contributed by atoms with Gasteiger partial charge in [-0.25, -0.2) is 4.79 Å². The van der Waals surface area contributed by atoms with Crippen LogP contribution in [0.5, 0.6) is 0 Å². The Labute approximate surface area is 227 Å². The van der Waals surface area contributed by atoms with E-state index in [0.29, 0.717) is 18.2 Å². The number of carbonyl (C=O) groups is 1. The molecule has 0 saturated heterocycles. The molecule has 0 radical (unpaired) electrons. The van der Waals surface area contributed by atoms with Gasteiger partial charge in [-0.15, -0.1) is 0 Å². The highest BCUT2D eigenvalue weighted by Gasteiger charge is 2.17. The van der Waals surface area contributed by atoms with Crippen molar-refractivity contribution in [3.8, 4) is 22.3 Å². The van der Waals surface area contributed by atoms with Crippen LogP contribution in [0.15, 0.2) is 72.8 Å². The smallest absolute Gasteiger partial charge is 0.337 e. The monoisotopic (exact) mass is 506 g/mol. The molecule has 0 aliphatic rings. The molecule has 0 saturated carbocycles. The molecule has 38 heavy (non-hydrogen) atoms. The molecule has 0 spiro atoms. The molecule has 0 bridgehead atoms. The third kappa shape index (κ3) is 5.75. The molecule has 2 N–H and O–H groups in total. The van der Waals surface area contributed by atoms with Crippen molar-refractivity contribution in [2.75, 3.05) is 17.7 Å². The van der Waals surface area contributed by atoms with E-state index < -0.39 is 0 Å². The van der Waals surface area contributed by atoms with Crippen LogP contribution >= 0.6 is 0 Å². The van der Waals surface area contributed by atoms with E-state index in [2.05, 4.69) is 101 Å². The molecule has 0 aliphatic heterocycles. The Kier molecular flexibility index (Phi) is 8.21. The first-order valence-corrected chi connectivity index (χ1v) is 13.2. The molecule has 196 valence electrons. The molecule has 0 atom stereocenters. The van der Waals surface area contributed by atoms with Gasteiger partial charge in [0.25, 0.3) is 0 Å². The average Bonchev–Trinajstić information content (AvgIpc) is 2.92. The molecule has 4 rings (SSSR count). The highest BCUT2D eigenvalue weighted by Crippen LogP contribution is 2.39. The maximum absolute atomic E-state index is 11.6. The van der Waals surface area contributed by atoms with Crippen LogP contribution in [0.2, 0.25) is 0 Å². The molecule has 4 aromatic rings. The fourth-order valence-corrected chi connectivity index (χ4v) is 5.08. The summed E-state index contributed by atoms with van der Waals surface area (Å²) in [5.41, 5.74) is 14.3. The number of anilines is 2. The van der Waals surface area contributed by atoms with Crippen molar-refractivity contribution in [1.82, 2.24) is 0 Å². The molecule has 4 nitrogen and oxygen atoms in total. The summed E-state index contributed by atoms with van der Waals surface area (Å²) in [6.45, 7) is 13.9. The third-order valence-electron chi connectivity index (χ3n) is 7.30. The number of ether oxygens (including phenoxy) is 1. The van der Waals surface area contributed by atoms with Gasteiger partial charge in [-0.3, -0.25) is 0 Å². The Bertz CT molecular complexity index is 1390. The van der Waals surface area contributed by atoms with Gasteiger partial charge in [0, 0.05) is 24.0 Å². The lowest BCUT2D eigenvalue weighted by molar-refractivity contribution is 0.0600. The van der Waals surface area contributed by atoms with Gasteiger partial charge in [0.15, 0.2) is 0 Å². The predicted octanol–water partition coefficient (Wildman–Crippen LogP) is 8.47. The predicted molar refractivity (Wildman–Crippen MR) is 160 cm³/mol. The van der Waals surface area contributed by atoms with Gasteiger partial charge < -0.3 is 15.4 Å². The van der Waals surface area contributed by atoms with Gasteiger partial charge >= 0.3 is 5.97 Å². The lowest BCUT2D eigenvalue weighted by Gasteiger charge is -2.22. The molecule has 0 amide bonds. The van der Waals surface area contributed by atoms with Gasteiger partial charge in [-0.1, -0.05) is 36.4 Å². The summed E-state index contributed by atoms with van der Waals surface area (Å²) in [6, 6.07) is 25.4. The van der Waals surface area contributed by atoms with E-state index >= 15 is 0 Å². The highest BCUT2D eigenvalue weighted by atomic mass is 16.5. The minimum atomic E-state index is -0.318. The van der Waals surface area contributed by atoms with Crippen molar-refractivity contribution >= 4 is 17.3 Å². The second kappa shape index (κ2) is 11.6. The maximum Gasteiger partial charge on any atom is 0.337 e. The Morgan fingerprint density at radius 3 is 1.55 bits per heavy atom. The van der Waals surface area contributed by atoms with E-state index in [0.717, 1.165) is 16.9 Å². The molecule has 0 aliphatic carbocycles. The lowest BCUT2D eigenvalue weighted by Crippen LogP contribution is -2.09. The van der Waals surface area contributed by atoms with Crippen LogP contribution in [0, 0.1) is 27.7 Å². The molecular weight excluding hydrogens is 468 g/mol. The Hall–Kier alpha value is -4.05. The van der Waals surface area contributed by atoms with Crippen molar-refractivity contribution < 1.29 is 9.53 Å². The summed E-state index contributed by atoms with van der Waals surface area (Å²) in [5.74, 6) is -0.318. The topological polar surface area (TPSA) is 50.4 Å². The fourth-order valence-electron chi connectivity index (χ4n) is 5.08. The lowest BCUT2D eigenvalue weighted by atomic mass is 9.83. The van der Waals surface area contributed by atoms with E-state index in [4.69, 9.17) is 4.74 Å². The van der Waals surface area contributed by atoms with Gasteiger partial charge in [0.2, 0.25) is 0 Å². The zero-order valence-corrected chi connectivity index (χ0v) is 23.5. The number of esters is 1. The maximum atomic E-state index is 11.6. The van der Waals surface area contributed by atoms with E-state index in [1.807, 2.05) is 12.1 Å². The van der Waals surface area contributed by atoms with Crippen LogP contribution in [-0.4, -0.2) is 19.1 Å². The number of hydrogen-bond acceptors (Lipinski definition) is 4. The fraction of sp³-hybridized carbons (Fsp3) is 0.265. The van der Waals surface area contributed by atoms with Crippen LogP contribution in [0.3, 0.4) is 0 Å². The van der Waals surface area contributed by atoms with Gasteiger partial charge in [0.05, 0.1) is 12.7 Å². The first kappa shape index (κ1) is 27.0. The summed E-state index contributed by atoms with van der Waals surface area (Å²) in [6.07, 6.45) is 0. The quantitative estimate of drug-likeness (QED) is 0.235. The van der Waals surface area contributed by atoms with E-state index in [9.17, 15) is 4.79 Å². The van der Waals surface area contributed by atoms with E-state index in [1.54, 1.807) is 12.1 Å². The SMILES string of the molecule is COC(=O)c1ccc(CNc2ccc(-c3c(C)c(C)c(-c4ccc(NC(C)C)cc4)c(C)c3C)cc2)cc1. The molecule has 0 heterocycles. The standard InChI is InChI=1S/C34H38N2O2/c1-21(2)36-31-18-14-28(15-19-31)33-24(5)22(3)32(23(4)25(33)6)27-12-16-30(17-13-27)35-20-26-8-10-29(11-9-26)34(37)38-7/h8-19,21,35-36H,20H2,1-7H3. The normalized spacial score (nSPS) is 10.9. The average molecular weight is 507 g/mol. The first-order chi connectivity index (χ1) is 18.2. The molecule has 4 heteroatoms. The summed E-state index contributed by atoms with van der Waals surface area (Å²) in [4.78, 5) is 11.6. The Morgan fingerprint density at radius 1 is 0.684 bits per heavy atom. The van der Waals surface area contributed by atoms with Crippen LogP contribution in [0.1, 0.15) is 52.0 Å². The van der Waals surface area contributed by atoms with E-state index in [1.165, 1.54) is 51.6 Å². The summed E-state index contributed by atoms with van der Waals surface area (Å²) in [5, 5.41) is 6.95. The number of rotatable bonds is 8. The molecule has 4 aromatic carbocycles. The molecule has 0 fully saturated rings. The molecule has 0 aromatic heterocycles. The third-order valence-corrected chi connectivity index (χ3v) is 7.30. The van der Waals surface area contributed by atoms with Crippen molar-refractivity contribution in [3.05, 3.63) is 106 Å². The van der Waals surface area contributed by atoms with Crippen molar-refractivity contribution in [1.29, 1.82) is 0 Å². The zero-order chi connectivity index (χ0) is 27.4. The highest BCUT2D eigenvalue weighted by molar-refractivity contribution is 5.89. The number of methoxy groups -OCH3 is 1. The van der Waals surface area contributed by atoms with Crippen molar-refractivity contribution in [2.45, 2.75) is 54.1 Å². The largest absolute Gasteiger partial charge is 0.465 e. The van der Waals surface area contributed by atoms with Gasteiger partial charge in [-0.2, -0.15) is 0 Å². The minimum Gasteiger partial charge on any atom is -0.465 e. The van der Waals surface area contributed by atoms with Crippen molar-refractivity contribution in [2.24, 2.45) is 0 Å². The number of nitrogens with one attached hydrogen (secondary N) is 2. The summed E-state index contributed by atoms with van der Waals surface area (Å²) >= 11 is 0. The van der Waals surface area contributed by atoms with Gasteiger partial charge in [-0.05, 0) is 128 Å². The first-order valence-electron chi connectivity index (χ1n) is 13.2. The van der Waals surface area contributed by atoms with Crippen LogP contribution in [0.4, 0.5) is 11.4 Å². The Morgan fingerprint density at radius 2 is 1.13 bits per heavy atom. The van der Waals surface area contributed by atoms with Crippen molar-refractivity contribution in [3.63, 3.8) is 0 Å². The molecule has 0 unspecified atom stereocenters. The second-order valence-electron chi connectivity index (χ2n) is 10.2. The minimum absolute atomic E-state index is 0.318. The Balaban J connectivity index is 1.54. The zero-order valence-electron chi connectivity index (χ0n) is 23.5. The second-order valence-corrected chi connectivity index (χ2v) is 10.2. The summed E-state index contributed by atoms with van der Waals surface area (Å²) < 4.78 is 4.77.